The fourth-order valence-corrected chi connectivity index (χ4v) is 2.54. The van der Waals surface area contributed by atoms with Gasteiger partial charge in [-0.25, -0.2) is 0 Å². The highest BCUT2D eigenvalue weighted by Crippen LogP contribution is 2.12. The van der Waals surface area contributed by atoms with E-state index in [1.54, 1.807) is 19.2 Å². The van der Waals surface area contributed by atoms with Crippen LogP contribution in [0.5, 0.6) is 0 Å². The van der Waals surface area contributed by atoms with Crippen LogP contribution in [0.4, 0.5) is 0 Å². The van der Waals surface area contributed by atoms with E-state index in [0.717, 1.165) is 57.3 Å². The number of rotatable bonds is 9. The standard InChI is InChI=1S/C18H28N4O3.HI/c1-20-18(21-8-2-9-24-12-15-7-10-25-13-15)22-11-14-3-5-16(6-4-14)17(19)23;/h3-6,15H,2,7-13H2,1H3,(H2,19,23)(H2,20,21,22);1H. The number of nitrogens with two attached hydrogens (primary N) is 1. The van der Waals surface area contributed by atoms with Crippen LogP contribution in [0.25, 0.3) is 0 Å². The molecule has 2 rings (SSSR count). The van der Waals surface area contributed by atoms with E-state index in [-0.39, 0.29) is 24.0 Å². The molecule has 0 bridgehead atoms. The zero-order valence-corrected chi connectivity index (χ0v) is 17.5. The molecule has 0 aromatic heterocycles. The lowest BCUT2D eigenvalue weighted by Gasteiger charge is -2.13. The summed E-state index contributed by atoms with van der Waals surface area (Å²) in [6, 6.07) is 7.20. The Kier molecular flexibility index (Phi) is 11.2. The topological polar surface area (TPSA) is 98.0 Å². The summed E-state index contributed by atoms with van der Waals surface area (Å²) in [5.74, 6) is 0.881. The number of benzene rings is 1. The minimum atomic E-state index is -0.417. The van der Waals surface area contributed by atoms with Crippen molar-refractivity contribution >= 4 is 35.8 Å². The van der Waals surface area contributed by atoms with Crippen molar-refractivity contribution in [1.29, 1.82) is 0 Å². The lowest BCUT2D eigenvalue weighted by molar-refractivity contribution is 0.0888. The molecule has 146 valence electrons. The Morgan fingerprint density at radius 3 is 2.73 bits per heavy atom. The molecule has 1 amide bonds. The number of guanidine groups is 1. The minimum absolute atomic E-state index is 0. The zero-order valence-electron chi connectivity index (χ0n) is 15.2. The van der Waals surface area contributed by atoms with Crippen LogP contribution in [-0.4, -0.2) is 51.9 Å². The maximum atomic E-state index is 11.1. The van der Waals surface area contributed by atoms with Gasteiger partial charge in [0.15, 0.2) is 5.96 Å². The summed E-state index contributed by atoms with van der Waals surface area (Å²) < 4.78 is 11.0. The van der Waals surface area contributed by atoms with Gasteiger partial charge in [-0.3, -0.25) is 9.79 Å². The molecule has 1 aliphatic heterocycles. The SMILES string of the molecule is CN=C(NCCCOCC1CCOC1)NCc1ccc(C(N)=O)cc1.I. The number of amides is 1. The van der Waals surface area contributed by atoms with Crippen molar-refractivity contribution in [2.24, 2.45) is 16.6 Å². The molecule has 1 heterocycles. The predicted octanol–water partition coefficient (Wildman–Crippen LogP) is 1.51. The molecule has 0 saturated carbocycles. The lowest BCUT2D eigenvalue weighted by atomic mass is 10.1. The first-order valence-electron chi connectivity index (χ1n) is 8.68. The molecule has 1 aromatic rings. The minimum Gasteiger partial charge on any atom is -0.381 e. The van der Waals surface area contributed by atoms with E-state index < -0.39 is 5.91 Å². The normalized spacial score (nSPS) is 16.8. The third-order valence-corrected chi connectivity index (χ3v) is 4.06. The van der Waals surface area contributed by atoms with Crippen molar-refractivity contribution in [1.82, 2.24) is 10.6 Å². The van der Waals surface area contributed by atoms with Gasteiger partial charge in [-0.05, 0) is 30.5 Å². The molecule has 1 aromatic carbocycles. The molecule has 0 spiro atoms. The summed E-state index contributed by atoms with van der Waals surface area (Å²) in [4.78, 5) is 15.2. The number of aliphatic imine (C=N–C) groups is 1. The van der Waals surface area contributed by atoms with Gasteiger partial charge >= 0.3 is 0 Å². The van der Waals surface area contributed by atoms with E-state index in [4.69, 9.17) is 15.2 Å². The molecule has 1 atom stereocenters. The van der Waals surface area contributed by atoms with Crippen molar-refractivity contribution in [2.75, 3.05) is 40.0 Å². The van der Waals surface area contributed by atoms with Gasteiger partial charge in [0.05, 0.1) is 13.2 Å². The molecule has 8 heteroatoms. The van der Waals surface area contributed by atoms with Crippen LogP contribution < -0.4 is 16.4 Å². The van der Waals surface area contributed by atoms with Crippen molar-refractivity contribution in [3.8, 4) is 0 Å². The molecule has 26 heavy (non-hydrogen) atoms. The van der Waals surface area contributed by atoms with Gasteiger partial charge in [-0.15, -0.1) is 24.0 Å². The summed E-state index contributed by atoms with van der Waals surface area (Å²) in [6.07, 6.45) is 2.02. The molecule has 1 saturated heterocycles. The number of nitrogens with one attached hydrogen (secondary N) is 2. The van der Waals surface area contributed by atoms with Crippen LogP contribution in [0.3, 0.4) is 0 Å². The molecule has 1 aliphatic rings. The zero-order chi connectivity index (χ0) is 17.9. The summed E-state index contributed by atoms with van der Waals surface area (Å²) in [5, 5.41) is 6.49. The van der Waals surface area contributed by atoms with Crippen molar-refractivity contribution in [3.63, 3.8) is 0 Å². The molecular weight excluding hydrogens is 447 g/mol. The summed E-state index contributed by atoms with van der Waals surface area (Å²) >= 11 is 0. The summed E-state index contributed by atoms with van der Waals surface area (Å²) in [5.41, 5.74) is 6.79. The Labute approximate surface area is 172 Å². The van der Waals surface area contributed by atoms with Crippen LogP contribution in [0.2, 0.25) is 0 Å². The van der Waals surface area contributed by atoms with E-state index >= 15 is 0 Å². The Balaban J connectivity index is 0.00000338. The molecule has 0 radical (unpaired) electrons. The second-order valence-electron chi connectivity index (χ2n) is 6.07. The average molecular weight is 476 g/mol. The number of carbonyl (C=O) groups excluding carboxylic acids is 1. The first-order valence-corrected chi connectivity index (χ1v) is 8.68. The van der Waals surface area contributed by atoms with Gasteiger partial charge in [0, 0.05) is 44.8 Å². The third kappa shape index (κ3) is 8.33. The van der Waals surface area contributed by atoms with Gasteiger partial charge in [-0.1, -0.05) is 12.1 Å². The first kappa shape index (κ1) is 22.7. The van der Waals surface area contributed by atoms with E-state index in [9.17, 15) is 4.79 Å². The number of halogens is 1. The van der Waals surface area contributed by atoms with Gasteiger partial charge in [0.1, 0.15) is 0 Å². The fraction of sp³-hybridized carbons (Fsp3) is 0.556. The highest BCUT2D eigenvalue weighted by atomic mass is 127. The Bertz CT molecular complexity index is 560. The van der Waals surface area contributed by atoms with Crippen molar-refractivity contribution in [3.05, 3.63) is 35.4 Å². The van der Waals surface area contributed by atoms with E-state index in [1.165, 1.54) is 0 Å². The number of hydrogen-bond acceptors (Lipinski definition) is 4. The van der Waals surface area contributed by atoms with Gasteiger partial charge < -0.3 is 25.8 Å². The van der Waals surface area contributed by atoms with Gasteiger partial charge in [0.25, 0.3) is 0 Å². The molecule has 1 fully saturated rings. The van der Waals surface area contributed by atoms with Crippen molar-refractivity contribution in [2.45, 2.75) is 19.4 Å². The molecular formula is C18H29IN4O3. The number of hydrogen-bond donors (Lipinski definition) is 3. The Morgan fingerprint density at radius 1 is 1.35 bits per heavy atom. The van der Waals surface area contributed by atoms with Crippen LogP contribution in [0, 0.1) is 5.92 Å². The van der Waals surface area contributed by atoms with Crippen LogP contribution >= 0.6 is 24.0 Å². The Hall–Kier alpha value is -1.39. The van der Waals surface area contributed by atoms with Crippen LogP contribution in [0.1, 0.15) is 28.8 Å². The van der Waals surface area contributed by atoms with E-state index in [0.29, 0.717) is 18.0 Å². The number of carbonyl (C=O) groups is 1. The van der Waals surface area contributed by atoms with Gasteiger partial charge in [0.2, 0.25) is 5.91 Å². The second kappa shape index (κ2) is 12.9. The van der Waals surface area contributed by atoms with Crippen molar-refractivity contribution < 1.29 is 14.3 Å². The highest BCUT2D eigenvalue weighted by Gasteiger charge is 2.15. The van der Waals surface area contributed by atoms with Crippen LogP contribution in [-0.2, 0) is 16.0 Å². The lowest BCUT2D eigenvalue weighted by Crippen LogP contribution is -2.37. The molecule has 1 unspecified atom stereocenters. The quantitative estimate of drug-likeness (QED) is 0.217. The number of nitrogens with zero attached hydrogens (tertiary/aromatic N) is 1. The van der Waals surface area contributed by atoms with Gasteiger partial charge in [-0.2, -0.15) is 0 Å². The second-order valence-corrected chi connectivity index (χ2v) is 6.07. The van der Waals surface area contributed by atoms with Crippen LogP contribution in [0.15, 0.2) is 29.3 Å². The number of ether oxygens (including phenoxy) is 2. The Morgan fingerprint density at radius 2 is 2.12 bits per heavy atom. The number of primary amides is 1. The third-order valence-electron chi connectivity index (χ3n) is 4.06. The summed E-state index contributed by atoms with van der Waals surface area (Å²) in [6.45, 7) is 4.62. The largest absolute Gasteiger partial charge is 0.381 e. The first-order chi connectivity index (χ1) is 12.2. The molecule has 7 nitrogen and oxygen atoms in total. The predicted molar refractivity (Wildman–Crippen MR) is 113 cm³/mol. The smallest absolute Gasteiger partial charge is 0.248 e. The average Bonchev–Trinajstić information content (AvgIpc) is 3.14. The van der Waals surface area contributed by atoms with E-state index in [1.807, 2.05) is 12.1 Å². The molecule has 4 N–H and O–H groups in total. The monoisotopic (exact) mass is 476 g/mol. The highest BCUT2D eigenvalue weighted by molar-refractivity contribution is 14.0. The summed E-state index contributed by atoms with van der Waals surface area (Å²) in [7, 11) is 1.74. The maximum absolute atomic E-state index is 11.1. The van der Waals surface area contributed by atoms with E-state index in [2.05, 4.69) is 15.6 Å². The fourth-order valence-electron chi connectivity index (χ4n) is 2.54. The molecule has 0 aliphatic carbocycles. The maximum Gasteiger partial charge on any atom is 0.248 e.